The van der Waals surface area contributed by atoms with Gasteiger partial charge >= 0.3 is 0 Å². The molecule has 0 aromatic carbocycles. The molecule has 1 saturated heterocycles. The van der Waals surface area contributed by atoms with Crippen LogP contribution in [-0.4, -0.2) is 33.8 Å². The highest BCUT2D eigenvalue weighted by molar-refractivity contribution is 7.99. The van der Waals surface area contributed by atoms with Crippen LogP contribution < -0.4 is 16.4 Å². The third-order valence-electron chi connectivity index (χ3n) is 5.95. The summed E-state index contributed by atoms with van der Waals surface area (Å²) in [6, 6.07) is 1.78. The monoisotopic (exact) mass is 457 g/mol. The Morgan fingerprint density at radius 1 is 1.17 bits per heavy atom. The first kappa shape index (κ1) is 19.6. The predicted molar refractivity (Wildman–Crippen MR) is 123 cm³/mol. The Hall–Kier alpha value is -2.36. The lowest BCUT2D eigenvalue weighted by atomic mass is 9.74. The predicted octanol–water partition coefficient (Wildman–Crippen LogP) is 4.11. The molecule has 3 aromatic heterocycles. The zero-order valence-electron chi connectivity index (χ0n) is 16.1. The van der Waals surface area contributed by atoms with Gasteiger partial charge in [-0.25, -0.2) is 15.0 Å². The molecule has 30 heavy (non-hydrogen) atoms. The average Bonchev–Trinajstić information content (AvgIpc) is 3.29. The number of hydrogen-bond acceptors (Lipinski definition) is 9. The molecule has 0 atom stereocenters. The summed E-state index contributed by atoms with van der Waals surface area (Å²) >= 11 is 9.24. The molecule has 0 bridgehead atoms. The van der Waals surface area contributed by atoms with Crippen LogP contribution in [0.5, 0.6) is 0 Å². The largest absolute Gasteiger partial charge is 0.382 e. The van der Waals surface area contributed by atoms with E-state index in [-0.39, 0.29) is 11.2 Å². The fourth-order valence-electron chi connectivity index (χ4n) is 4.25. The van der Waals surface area contributed by atoms with Gasteiger partial charge in [0.25, 0.3) is 0 Å². The number of nitrogens with two attached hydrogens (primary N) is 2. The van der Waals surface area contributed by atoms with Crippen LogP contribution in [0.1, 0.15) is 24.0 Å². The van der Waals surface area contributed by atoms with Gasteiger partial charge in [0.15, 0.2) is 5.82 Å². The Kier molecular flexibility index (Phi) is 4.83. The van der Waals surface area contributed by atoms with Crippen LogP contribution in [-0.2, 0) is 6.42 Å². The van der Waals surface area contributed by atoms with Gasteiger partial charge in [0, 0.05) is 46.3 Å². The number of pyridine rings is 1. The maximum absolute atomic E-state index is 8.67. The summed E-state index contributed by atoms with van der Waals surface area (Å²) in [5.41, 5.74) is 15.2. The van der Waals surface area contributed by atoms with E-state index in [2.05, 4.69) is 30.6 Å². The van der Waals surface area contributed by atoms with Crippen LogP contribution in [0.4, 0.5) is 17.5 Å². The lowest BCUT2D eigenvalue weighted by Gasteiger charge is -2.40. The zero-order valence-corrected chi connectivity index (χ0v) is 18.4. The molecule has 3 aromatic rings. The molecule has 1 fully saturated rings. The standard InChI is InChI=1S/C20H20ClN7S2/c21-15-13(1-4-25-17(15)23)30-19-18(24)27-14(8-26-19)28-5-2-20(3-6-28)7-11-9-29-10-12(11)16(20)22/h1,4,8-10,22H,2-3,5-7H2,(H2,23,25)(H2,24,27). The van der Waals surface area contributed by atoms with E-state index in [9.17, 15) is 0 Å². The number of thiophene rings is 1. The van der Waals surface area contributed by atoms with Crippen molar-refractivity contribution in [1.82, 2.24) is 15.0 Å². The maximum atomic E-state index is 8.67. The number of nitrogens with zero attached hydrogens (tertiary/aromatic N) is 4. The van der Waals surface area contributed by atoms with E-state index in [1.807, 2.05) is 0 Å². The van der Waals surface area contributed by atoms with Crippen molar-refractivity contribution in [2.75, 3.05) is 29.5 Å². The molecule has 5 N–H and O–H groups in total. The molecule has 2 aliphatic rings. The normalized spacial score (nSPS) is 17.5. The highest BCUT2D eigenvalue weighted by Crippen LogP contribution is 2.46. The molecule has 7 nitrogen and oxygen atoms in total. The summed E-state index contributed by atoms with van der Waals surface area (Å²) in [5.74, 6) is 1.41. The minimum absolute atomic E-state index is 0.0259. The maximum Gasteiger partial charge on any atom is 0.158 e. The van der Waals surface area contributed by atoms with Crippen molar-refractivity contribution >= 4 is 57.9 Å². The Bertz CT molecular complexity index is 1140. The van der Waals surface area contributed by atoms with Crippen molar-refractivity contribution < 1.29 is 0 Å². The number of piperidine rings is 1. The number of nitrogen functional groups attached to an aromatic ring is 2. The van der Waals surface area contributed by atoms with Crippen molar-refractivity contribution in [3.05, 3.63) is 45.4 Å². The summed E-state index contributed by atoms with van der Waals surface area (Å²) in [7, 11) is 0. The van der Waals surface area contributed by atoms with Gasteiger partial charge in [-0.15, -0.1) is 0 Å². The third-order valence-corrected chi connectivity index (χ3v) is 8.32. The van der Waals surface area contributed by atoms with Gasteiger partial charge in [-0.1, -0.05) is 23.4 Å². The van der Waals surface area contributed by atoms with E-state index < -0.39 is 0 Å². The number of anilines is 3. The van der Waals surface area contributed by atoms with E-state index >= 15 is 0 Å². The fourth-order valence-corrected chi connectivity index (χ4v) is 6.11. The number of nitrogens with one attached hydrogen (secondary N) is 1. The summed E-state index contributed by atoms with van der Waals surface area (Å²) in [5, 5.41) is 14.0. The molecule has 1 aliphatic carbocycles. The molecule has 0 saturated carbocycles. The third kappa shape index (κ3) is 3.21. The molecular formula is C20H20ClN7S2. The minimum Gasteiger partial charge on any atom is -0.382 e. The molecule has 154 valence electrons. The second kappa shape index (κ2) is 7.40. The Balaban J connectivity index is 1.30. The summed E-state index contributed by atoms with van der Waals surface area (Å²) in [6.45, 7) is 1.67. The Morgan fingerprint density at radius 3 is 2.70 bits per heavy atom. The van der Waals surface area contributed by atoms with Crippen LogP contribution >= 0.6 is 34.7 Å². The summed E-state index contributed by atoms with van der Waals surface area (Å²) in [6.07, 6.45) is 6.22. The molecule has 5 rings (SSSR count). The first-order valence-corrected chi connectivity index (χ1v) is 11.7. The molecular weight excluding hydrogens is 438 g/mol. The van der Waals surface area contributed by atoms with Gasteiger partial charge in [0.1, 0.15) is 16.7 Å². The van der Waals surface area contributed by atoms with Crippen LogP contribution in [0.3, 0.4) is 0 Å². The molecule has 1 spiro atoms. The van der Waals surface area contributed by atoms with E-state index in [4.69, 9.17) is 28.5 Å². The fraction of sp³-hybridized carbons (Fsp3) is 0.300. The van der Waals surface area contributed by atoms with Gasteiger partial charge in [-0.05, 0) is 36.3 Å². The van der Waals surface area contributed by atoms with Crippen LogP contribution in [0, 0.1) is 10.8 Å². The second-order valence-electron chi connectivity index (χ2n) is 7.66. The number of hydrogen-bond donors (Lipinski definition) is 3. The summed E-state index contributed by atoms with van der Waals surface area (Å²) < 4.78 is 0. The smallest absolute Gasteiger partial charge is 0.158 e. The highest BCUT2D eigenvalue weighted by atomic mass is 35.5. The topological polar surface area (TPSA) is 118 Å². The van der Waals surface area contributed by atoms with E-state index in [1.54, 1.807) is 29.8 Å². The quantitative estimate of drug-likeness (QED) is 0.541. The minimum atomic E-state index is -0.0259. The summed E-state index contributed by atoms with van der Waals surface area (Å²) in [4.78, 5) is 16.0. The Morgan fingerprint density at radius 2 is 1.97 bits per heavy atom. The van der Waals surface area contributed by atoms with Crippen molar-refractivity contribution in [3.8, 4) is 0 Å². The van der Waals surface area contributed by atoms with Crippen molar-refractivity contribution in [2.24, 2.45) is 5.41 Å². The Labute approximate surface area is 187 Å². The molecule has 0 unspecified atom stereocenters. The SMILES string of the molecule is N=C1c2cscc2CC12CCN(c1cnc(Sc3ccnc(N)c3Cl)c(N)n1)CC2. The highest BCUT2D eigenvalue weighted by Gasteiger charge is 2.45. The van der Waals surface area contributed by atoms with E-state index in [0.29, 0.717) is 15.9 Å². The van der Waals surface area contributed by atoms with E-state index in [1.165, 1.54) is 17.3 Å². The van der Waals surface area contributed by atoms with Crippen molar-refractivity contribution in [3.63, 3.8) is 0 Å². The molecule has 10 heteroatoms. The molecule has 4 heterocycles. The van der Waals surface area contributed by atoms with Crippen LogP contribution in [0.25, 0.3) is 0 Å². The van der Waals surface area contributed by atoms with E-state index in [0.717, 1.165) is 54.3 Å². The lowest BCUT2D eigenvalue weighted by molar-refractivity contribution is 0.328. The number of aromatic nitrogens is 3. The number of fused-ring (bicyclic) bond motifs is 1. The number of rotatable bonds is 3. The lowest BCUT2D eigenvalue weighted by Crippen LogP contribution is -2.43. The second-order valence-corrected chi connectivity index (χ2v) is 9.81. The van der Waals surface area contributed by atoms with Crippen molar-refractivity contribution in [2.45, 2.75) is 29.2 Å². The van der Waals surface area contributed by atoms with Crippen molar-refractivity contribution in [1.29, 1.82) is 5.41 Å². The first-order valence-electron chi connectivity index (χ1n) is 9.57. The average molecular weight is 458 g/mol. The van der Waals surface area contributed by atoms with Crippen LogP contribution in [0.2, 0.25) is 5.02 Å². The van der Waals surface area contributed by atoms with Crippen LogP contribution in [0.15, 0.2) is 39.1 Å². The van der Waals surface area contributed by atoms with Gasteiger partial charge in [-0.3, -0.25) is 0 Å². The molecule has 1 aliphatic heterocycles. The van der Waals surface area contributed by atoms with Gasteiger partial charge in [0.2, 0.25) is 0 Å². The number of halogens is 1. The zero-order chi connectivity index (χ0) is 20.9. The van der Waals surface area contributed by atoms with Gasteiger partial charge in [0.05, 0.1) is 11.2 Å². The molecule has 0 radical (unpaired) electrons. The van der Waals surface area contributed by atoms with Gasteiger partial charge in [-0.2, -0.15) is 11.3 Å². The molecule has 0 amide bonds. The first-order chi connectivity index (χ1) is 14.5. The van der Waals surface area contributed by atoms with Gasteiger partial charge < -0.3 is 21.8 Å².